The van der Waals surface area contributed by atoms with Crippen molar-refractivity contribution >= 4 is 54.7 Å². The van der Waals surface area contributed by atoms with Crippen molar-refractivity contribution in [2.45, 2.75) is 38.3 Å². The van der Waals surface area contributed by atoms with Crippen molar-refractivity contribution in [3.05, 3.63) is 93.8 Å². The number of nitrogens with zero attached hydrogens (tertiary/aromatic N) is 2. The Bertz CT molecular complexity index is 1810. The minimum atomic E-state index is -3.43. The van der Waals surface area contributed by atoms with E-state index in [9.17, 15) is 18.0 Å². The molecule has 1 unspecified atom stereocenters. The van der Waals surface area contributed by atoms with Crippen LogP contribution in [0.3, 0.4) is 0 Å². The summed E-state index contributed by atoms with van der Waals surface area (Å²) >= 11 is 7.75. The first kappa shape index (κ1) is 32.8. The molecule has 0 spiro atoms. The Kier molecular flexibility index (Phi) is 10.1. The summed E-state index contributed by atoms with van der Waals surface area (Å²) in [5.41, 5.74) is 1.16. The molecule has 3 aromatic carbocycles. The first-order valence-corrected chi connectivity index (χ1v) is 17.9. The molecule has 1 aromatic heterocycles. The maximum absolute atomic E-state index is 14.2. The van der Waals surface area contributed by atoms with Crippen LogP contribution in [0.15, 0.2) is 72.1 Å². The fraction of sp³-hybridized carbons (Fsp3) is 0.353. The normalized spacial score (nSPS) is 16.3. The number of methoxy groups -OCH3 is 2. The Morgan fingerprint density at radius 2 is 1.82 bits per heavy atom. The predicted octanol–water partition coefficient (Wildman–Crippen LogP) is 6.25. The van der Waals surface area contributed by atoms with E-state index in [-0.39, 0.29) is 42.8 Å². The largest absolute Gasteiger partial charge is 0.497 e. The van der Waals surface area contributed by atoms with Crippen molar-refractivity contribution in [2.75, 3.05) is 38.8 Å². The van der Waals surface area contributed by atoms with Gasteiger partial charge < -0.3 is 19.3 Å². The second kappa shape index (κ2) is 13.8. The Labute approximate surface area is 273 Å². The lowest BCUT2D eigenvalue weighted by Crippen LogP contribution is -2.67. The van der Waals surface area contributed by atoms with Gasteiger partial charge in [0.05, 0.1) is 31.3 Å². The SMILES string of the molecule is COc1ccc(CCS(=O)(=O)CCCN(Cc2cccc(Cl)c2)C(=O)C2(C)CCN2C(=O)c2csc3ccccc23)c(OC)c1. The molecular weight excluding hydrogens is 632 g/mol. The van der Waals surface area contributed by atoms with Crippen molar-refractivity contribution < 1.29 is 27.5 Å². The molecule has 1 fully saturated rings. The molecule has 8 nitrogen and oxygen atoms in total. The van der Waals surface area contributed by atoms with Crippen molar-refractivity contribution in [3.63, 3.8) is 0 Å². The van der Waals surface area contributed by atoms with E-state index in [0.717, 1.165) is 21.2 Å². The van der Waals surface area contributed by atoms with Crippen LogP contribution in [0.2, 0.25) is 5.02 Å². The summed E-state index contributed by atoms with van der Waals surface area (Å²) < 4.78 is 37.8. The van der Waals surface area contributed by atoms with Crippen LogP contribution < -0.4 is 9.47 Å². The maximum Gasteiger partial charge on any atom is 0.256 e. The van der Waals surface area contributed by atoms with Gasteiger partial charge in [0.25, 0.3) is 5.91 Å². The highest BCUT2D eigenvalue weighted by Crippen LogP contribution is 2.37. The minimum Gasteiger partial charge on any atom is -0.497 e. The topological polar surface area (TPSA) is 93.2 Å². The Hall–Kier alpha value is -3.60. The van der Waals surface area contributed by atoms with Crippen LogP contribution in [0, 0.1) is 0 Å². The fourth-order valence-electron chi connectivity index (χ4n) is 5.75. The van der Waals surface area contributed by atoms with Gasteiger partial charge in [-0.1, -0.05) is 48.0 Å². The third-order valence-corrected chi connectivity index (χ3v) is 11.4. The van der Waals surface area contributed by atoms with Gasteiger partial charge >= 0.3 is 0 Å². The highest BCUT2D eigenvalue weighted by atomic mass is 35.5. The van der Waals surface area contributed by atoms with Gasteiger partial charge in [-0.3, -0.25) is 9.59 Å². The lowest BCUT2D eigenvalue weighted by molar-refractivity contribution is -0.149. The number of ether oxygens (including phenoxy) is 2. The molecule has 238 valence electrons. The lowest BCUT2D eigenvalue weighted by Gasteiger charge is -2.51. The minimum absolute atomic E-state index is 0.0491. The number of sulfone groups is 1. The lowest BCUT2D eigenvalue weighted by atomic mass is 9.84. The van der Waals surface area contributed by atoms with Crippen LogP contribution in [-0.2, 0) is 27.6 Å². The molecule has 1 aliphatic rings. The van der Waals surface area contributed by atoms with E-state index in [1.807, 2.05) is 47.8 Å². The monoisotopic (exact) mass is 668 g/mol. The third kappa shape index (κ3) is 7.29. The van der Waals surface area contributed by atoms with Gasteiger partial charge in [-0.05, 0) is 61.6 Å². The number of likely N-dealkylation sites (tertiary alicyclic amines) is 1. The van der Waals surface area contributed by atoms with E-state index in [4.69, 9.17) is 21.1 Å². The van der Waals surface area contributed by atoms with Crippen LogP contribution in [0.1, 0.15) is 41.3 Å². The molecule has 0 aliphatic carbocycles. The predicted molar refractivity (Wildman–Crippen MR) is 179 cm³/mol. The van der Waals surface area contributed by atoms with Gasteiger partial charge in [0.2, 0.25) is 5.91 Å². The zero-order valence-electron chi connectivity index (χ0n) is 25.6. The number of thiophene rings is 1. The van der Waals surface area contributed by atoms with Gasteiger partial charge in [-0.15, -0.1) is 11.3 Å². The third-order valence-electron chi connectivity index (χ3n) is 8.44. The number of carbonyl (C=O) groups excluding carboxylic acids is 2. The maximum atomic E-state index is 14.2. The summed E-state index contributed by atoms with van der Waals surface area (Å²) in [5.74, 6) is 0.700. The summed E-state index contributed by atoms with van der Waals surface area (Å²) in [6, 6.07) is 20.3. The van der Waals surface area contributed by atoms with Crippen molar-refractivity contribution in [2.24, 2.45) is 0 Å². The molecule has 11 heteroatoms. The van der Waals surface area contributed by atoms with Crippen LogP contribution in [-0.4, -0.2) is 74.4 Å². The number of carbonyl (C=O) groups is 2. The zero-order chi connectivity index (χ0) is 32.2. The molecule has 0 bridgehead atoms. The molecule has 1 atom stereocenters. The van der Waals surface area contributed by atoms with E-state index in [1.165, 1.54) is 18.4 Å². The quantitative estimate of drug-likeness (QED) is 0.167. The Morgan fingerprint density at radius 1 is 1.02 bits per heavy atom. The van der Waals surface area contributed by atoms with E-state index >= 15 is 0 Å². The molecule has 0 saturated carbocycles. The standard InChI is InChI=1S/C34H37ClN2O6S2/c1-34(15-17-37(34)32(38)29-23-44-31-11-5-4-10-28(29)31)33(39)36(22-24-8-6-9-26(35)20-24)16-7-18-45(40,41)19-14-25-12-13-27(42-2)21-30(25)43-3/h4-6,8-13,20-21,23H,7,14-19,22H2,1-3H3. The van der Waals surface area contributed by atoms with Gasteiger partial charge in [0.1, 0.15) is 17.0 Å². The van der Waals surface area contributed by atoms with Gasteiger partial charge in [0.15, 0.2) is 9.84 Å². The van der Waals surface area contributed by atoms with Gasteiger partial charge in [-0.2, -0.15) is 0 Å². The van der Waals surface area contributed by atoms with Crippen LogP contribution in [0.4, 0.5) is 0 Å². The van der Waals surface area contributed by atoms with Crippen molar-refractivity contribution in [1.29, 1.82) is 0 Å². The number of fused-ring (bicyclic) bond motifs is 1. The number of hydrogen-bond acceptors (Lipinski definition) is 7. The summed E-state index contributed by atoms with van der Waals surface area (Å²) in [5, 5.41) is 3.28. The fourth-order valence-corrected chi connectivity index (χ4v) is 8.20. The average molecular weight is 669 g/mol. The average Bonchev–Trinajstić information content (AvgIpc) is 3.46. The molecule has 0 N–H and O–H groups in total. The number of aryl methyl sites for hydroxylation is 1. The van der Waals surface area contributed by atoms with Crippen LogP contribution >= 0.6 is 22.9 Å². The van der Waals surface area contributed by atoms with Crippen molar-refractivity contribution in [1.82, 2.24) is 9.80 Å². The summed E-state index contributed by atoms with van der Waals surface area (Å²) in [6.07, 6.45) is 1.08. The number of amides is 2. The number of benzene rings is 3. The summed E-state index contributed by atoms with van der Waals surface area (Å²) in [6.45, 7) is 2.74. The zero-order valence-corrected chi connectivity index (χ0v) is 28.0. The highest BCUT2D eigenvalue weighted by Gasteiger charge is 2.51. The second-order valence-electron chi connectivity index (χ2n) is 11.4. The molecule has 0 radical (unpaired) electrons. The molecule has 5 rings (SSSR count). The van der Waals surface area contributed by atoms with E-state index in [0.29, 0.717) is 41.5 Å². The molecule has 4 aromatic rings. The molecule has 45 heavy (non-hydrogen) atoms. The summed E-state index contributed by atoms with van der Waals surface area (Å²) in [7, 11) is -0.331. The van der Waals surface area contributed by atoms with E-state index in [1.54, 1.807) is 48.1 Å². The Balaban J connectivity index is 1.29. The molecule has 1 saturated heterocycles. The van der Waals surface area contributed by atoms with E-state index in [2.05, 4.69) is 0 Å². The second-order valence-corrected chi connectivity index (χ2v) is 15.1. The summed E-state index contributed by atoms with van der Waals surface area (Å²) in [4.78, 5) is 31.2. The van der Waals surface area contributed by atoms with Crippen LogP contribution in [0.5, 0.6) is 11.5 Å². The van der Waals surface area contributed by atoms with Gasteiger partial charge in [0, 0.05) is 46.2 Å². The molecule has 2 heterocycles. The first-order valence-electron chi connectivity index (χ1n) is 14.8. The van der Waals surface area contributed by atoms with Crippen molar-refractivity contribution in [3.8, 4) is 11.5 Å². The molecule has 2 amide bonds. The smallest absolute Gasteiger partial charge is 0.256 e. The molecule has 1 aliphatic heterocycles. The molecular formula is C34H37ClN2O6S2. The number of rotatable bonds is 13. The first-order chi connectivity index (χ1) is 21.5. The Morgan fingerprint density at radius 3 is 2.53 bits per heavy atom. The highest BCUT2D eigenvalue weighted by molar-refractivity contribution is 7.91. The number of hydrogen-bond donors (Lipinski definition) is 0. The number of halogens is 1. The van der Waals surface area contributed by atoms with E-state index < -0.39 is 15.4 Å². The van der Waals surface area contributed by atoms with Crippen LogP contribution in [0.25, 0.3) is 10.1 Å². The van der Waals surface area contributed by atoms with Gasteiger partial charge in [-0.25, -0.2) is 8.42 Å².